The molecule has 0 aromatic carbocycles. The molecule has 1 N–H and O–H groups in total. The molecule has 0 fully saturated rings. The van der Waals surface area contributed by atoms with E-state index in [0.29, 0.717) is 42.8 Å². The predicted octanol–water partition coefficient (Wildman–Crippen LogP) is 3.18. The van der Waals surface area contributed by atoms with Gasteiger partial charge in [-0.15, -0.1) is 10.2 Å². The van der Waals surface area contributed by atoms with E-state index in [2.05, 4.69) is 37.0 Å². The van der Waals surface area contributed by atoms with Gasteiger partial charge in [-0.2, -0.15) is 0 Å². The lowest BCUT2D eigenvalue weighted by molar-refractivity contribution is -0.132. The van der Waals surface area contributed by atoms with Crippen molar-refractivity contribution in [2.75, 3.05) is 11.9 Å². The first-order valence-corrected chi connectivity index (χ1v) is 11.5. The molecule has 2 amide bonds. The molecule has 0 unspecified atom stereocenters. The van der Waals surface area contributed by atoms with Crippen molar-refractivity contribution in [1.29, 1.82) is 0 Å². The summed E-state index contributed by atoms with van der Waals surface area (Å²) in [6, 6.07) is 7.57. The molecule has 33 heavy (non-hydrogen) atoms. The van der Waals surface area contributed by atoms with Crippen LogP contribution in [0, 0.1) is 0 Å². The molecular formula is C24H27N7O2. The molecule has 5 heterocycles. The minimum atomic E-state index is -0.334. The molecule has 0 bridgehead atoms. The van der Waals surface area contributed by atoms with Gasteiger partial charge in [-0.3, -0.25) is 14.6 Å². The summed E-state index contributed by atoms with van der Waals surface area (Å²) < 4.78 is 2.12. The van der Waals surface area contributed by atoms with E-state index >= 15 is 0 Å². The van der Waals surface area contributed by atoms with Gasteiger partial charge in [0.1, 0.15) is 23.0 Å². The quantitative estimate of drug-likeness (QED) is 0.647. The summed E-state index contributed by atoms with van der Waals surface area (Å²) in [5.41, 5.74) is 3.04. The Morgan fingerprint density at radius 1 is 1.18 bits per heavy atom. The lowest BCUT2D eigenvalue weighted by Crippen LogP contribution is -2.36. The van der Waals surface area contributed by atoms with E-state index in [4.69, 9.17) is 0 Å². The van der Waals surface area contributed by atoms with Gasteiger partial charge in [0.05, 0.1) is 0 Å². The molecule has 0 saturated heterocycles. The fourth-order valence-electron chi connectivity index (χ4n) is 4.56. The second-order valence-corrected chi connectivity index (χ2v) is 8.71. The summed E-state index contributed by atoms with van der Waals surface area (Å²) in [6.45, 7) is 5.36. The molecule has 2 aliphatic rings. The highest BCUT2D eigenvalue weighted by atomic mass is 16.2. The number of carbonyl (C=O) groups is 2. The number of hydrogen-bond donors (Lipinski definition) is 1. The average molecular weight is 446 g/mol. The summed E-state index contributed by atoms with van der Waals surface area (Å²) in [4.78, 5) is 36.0. The number of hydrogen-bond acceptors (Lipinski definition) is 6. The molecule has 0 saturated carbocycles. The Balaban J connectivity index is 1.33. The highest BCUT2D eigenvalue weighted by molar-refractivity contribution is 6.02. The van der Waals surface area contributed by atoms with Crippen molar-refractivity contribution in [3.05, 3.63) is 53.1 Å². The highest BCUT2D eigenvalue weighted by Crippen LogP contribution is 2.30. The van der Waals surface area contributed by atoms with E-state index in [0.717, 1.165) is 48.5 Å². The Hall–Kier alpha value is -3.62. The molecule has 1 atom stereocenters. The van der Waals surface area contributed by atoms with Crippen molar-refractivity contribution in [1.82, 2.24) is 29.6 Å². The van der Waals surface area contributed by atoms with Crippen molar-refractivity contribution in [3.8, 4) is 11.5 Å². The number of aryl methyl sites for hydroxylation is 1. The third-order valence-electron chi connectivity index (χ3n) is 6.36. The smallest absolute Gasteiger partial charge is 0.275 e. The van der Waals surface area contributed by atoms with Crippen molar-refractivity contribution in [2.45, 2.75) is 58.5 Å². The Labute approximate surface area is 192 Å². The topological polar surface area (TPSA) is 106 Å². The SMILES string of the molecule is CCCC(=O)N1CCc2cnc(C(=O)Nc3cccc(-c4nnc5n4[C@@H](C)CC5)n3)cc2C1. The van der Waals surface area contributed by atoms with Gasteiger partial charge in [0.15, 0.2) is 5.82 Å². The standard InChI is InChI=1S/C24H27N7O2/c1-3-5-22(32)30-11-10-16-13-25-19(12-17(16)14-30)24(33)27-20-7-4-6-18(26-20)23-29-28-21-9-8-15(2)31(21)23/h4,6-7,12-13,15H,3,5,8-11,14H2,1-2H3,(H,26,27,33)/t15-/m0/s1. The fraction of sp³-hybridized carbons (Fsp3) is 0.417. The second kappa shape index (κ2) is 8.73. The first-order valence-electron chi connectivity index (χ1n) is 11.5. The third kappa shape index (κ3) is 4.10. The highest BCUT2D eigenvalue weighted by Gasteiger charge is 2.25. The first kappa shape index (κ1) is 21.2. The Morgan fingerprint density at radius 2 is 2.06 bits per heavy atom. The summed E-state index contributed by atoms with van der Waals surface area (Å²) >= 11 is 0. The molecule has 9 heteroatoms. The maximum absolute atomic E-state index is 12.9. The Morgan fingerprint density at radius 3 is 2.91 bits per heavy atom. The van der Waals surface area contributed by atoms with Crippen LogP contribution in [0.2, 0.25) is 0 Å². The van der Waals surface area contributed by atoms with Crippen molar-refractivity contribution >= 4 is 17.6 Å². The number of pyridine rings is 2. The van der Waals surface area contributed by atoms with Gasteiger partial charge in [0.2, 0.25) is 5.91 Å². The monoisotopic (exact) mass is 445 g/mol. The zero-order valence-electron chi connectivity index (χ0n) is 18.9. The summed E-state index contributed by atoms with van der Waals surface area (Å²) in [6.07, 6.45) is 5.83. The van der Waals surface area contributed by atoms with Crippen LogP contribution < -0.4 is 5.32 Å². The van der Waals surface area contributed by atoms with Crippen LogP contribution in [0.1, 0.15) is 66.6 Å². The lowest BCUT2D eigenvalue weighted by atomic mass is 10.0. The number of fused-ring (bicyclic) bond motifs is 2. The summed E-state index contributed by atoms with van der Waals surface area (Å²) in [5, 5.41) is 11.4. The van der Waals surface area contributed by atoms with E-state index in [9.17, 15) is 9.59 Å². The molecule has 0 radical (unpaired) electrons. The van der Waals surface area contributed by atoms with E-state index < -0.39 is 0 Å². The summed E-state index contributed by atoms with van der Waals surface area (Å²) in [5.74, 6) is 1.94. The van der Waals surface area contributed by atoms with Gasteiger partial charge >= 0.3 is 0 Å². The van der Waals surface area contributed by atoms with E-state index in [1.54, 1.807) is 18.3 Å². The van der Waals surface area contributed by atoms with Crippen LogP contribution in [0.5, 0.6) is 0 Å². The number of aromatic nitrogens is 5. The number of carbonyl (C=O) groups excluding carboxylic acids is 2. The summed E-state index contributed by atoms with van der Waals surface area (Å²) in [7, 11) is 0. The van der Waals surface area contributed by atoms with Crippen LogP contribution >= 0.6 is 0 Å². The molecule has 0 aliphatic carbocycles. The first-order chi connectivity index (χ1) is 16.0. The third-order valence-corrected chi connectivity index (χ3v) is 6.36. The van der Waals surface area contributed by atoms with E-state index in [1.807, 2.05) is 24.0 Å². The van der Waals surface area contributed by atoms with Gasteiger partial charge in [-0.25, -0.2) is 4.98 Å². The second-order valence-electron chi connectivity index (χ2n) is 8.71. The van der Waals surface area contributed by atoms with Crippen LogP contribution in [-0.2, 0) is 24.2 Å². The number of nitrogens with zero attached hydrogens (tertiary/aromatic N) is 6. The van der Waals surface area contributed by atoms with Gasteiger partial charge in [0, 0.05) is 38.2 Å². The van der Waals surface area contributed by atoms with Crippen LogP contribution in [0.15, 0.2) is 30.5 Å². The normalized spacial score (nSPS) is 16.9. The molecule has 3 aromatic rings. The van der Waals surface area contributed by atoms with Crippen LogP contribution in [0.3, 0.4) is 0 Å². The minimum absolute atomic E-state index is 0.154. The minimum Gasteiger partial charge on any atom is -0.338 e. The van der Waals surface area contributed by atoms with Gasteiger partial charge in [-0.1, -0.05) is 13.0 Å². The molecular weight excluding hydrogens is 418 g/mol. The van der Waals surface area contributed by atoms with Gasteiger partial charge in [-0.05, 0) is 55.5 Å². The largest absolute Gasteiger partial charge is 0.338 e. The van der Waals surface area contributed by atoms with Crippen molar-refractivity contribution in [2.24, 2.45) is 0 Å². The van der Waals surface area contributed by atoms with Crippen molar-refractivity contribution < 1.29 is 9.59 Å². The van der Waals surface area contributed by atoms with Gasteiger partial charge in [0.25, 0.3) is 5.91 Å². The number of amides is 2. The average Bonchev–Trinajstić information content (AvgIpc) is 3.41. The Bertz CT molecular complexity index is 1220. The van der Waals surface area contributed by atoms with Crippen LogP contribution in [0.4, 0.5) is 5.82 Å². The fourth-order valence-corrected chi connectivity index (χ4v) is 4.56. The zero-order chi connectivity index (χ0) is 22.9. The number of rotatable bonds is 5. The molecule has 9 nitrogen and oxygen atoms in total. The zero-order valence-corrected chi connectivity index (χ0v) is 18.9. The molecule has 170 valence electrons. The van der Waals surface area contributed by atoms with E-state index in [-0.39, 0.29) is 11.8 Å². The molecule has 0 spiro atoms. The van der Waals surface area contributed by atoms with Crippen LogP contribution in [-0.4, -0.2) is 48.0 Å². The van der Waals surface area contributed by atoms with Crippen molar-refractivity contribution in [3.63, 3.8) is 0 Å². The molecule has 3 aromatic heterocycles. The molecule has 5 rings (SSSR count). The maximum atomic E-state index is 12.9. The molecule has 2 aliphatic heterocycles. The lowest BCUT2D eigenvalue weighted by Gasteiger charge is -2.29. The van der Waals surface area contributed by atoms with E-state index in [1.165, 1.54) is 0 Å². The maximum Gasteiger partial charge on any atom is 0.275 e. The number of nitrogens with one attached hydrogen (secondary N) is 1. The van der Waals surface area contributed by atoms with Gasteiger partial charge < -0.3 is 14.8 Å². The Kier molecular flexibility index (Phi) is 5.62. The number of anilines is 1. The predicted molar refractivity (Wildman–Crippen MR) is 123 cm³/mol. The van der Waals surface area contributed by atoms with Crippen LogP contribution in [0.25, 0.3) is 11.5 Å².